The molecule has 0 unspecified atom stereocenters. The minimum absolute atomic E-state index is 0.0725. The fraction of sp³-hybridized carbons (Fsp3) is 0.444. The molecule has 0 atom stereocenters. The number of rotatable bonds is 7. The van der Waals surface area contributed by atoms with Gasteiger partial charge in [0.05, 0.1) is 21.4 Å². The van der Waals surface area contributed by atoms with Crippen molar-refractivity contribution in [3.8, 4) is 0 Å². The normalized spacial score (nSPS) is 15.2. The van der Waals surface area contributed by atoms with Crippen molar-refractivity contribution in [3.63, 3.8) is 0 Å². The number of aryl methyl sites for hydroxylation is 2. The van der Waals surface area contributed by atoms with Crippen LogP contribution in [0.5, 0.6) is 0 Å². The van der Waals surface area contributed by atoms with E-state index in [1.54, 1.807) is 16.7 Å². The van der Waals surface area contributed by atoms with Crippen molar-refractivity contribution < 1.29 is 31.5 Å². The maximum absolute atomic E-state index is 12.9. The van der Waals surface area contributed by atoms with Crippen molar-refractivity contribution in [1.29, 1.82) is 0 Å². The lowest BCUT2D eigenvalue weighted by atomic mass is 10.1. The Morgan fingerprint density at radius 1 is 0.717 bits per heavy atom. The molecule has 0 spiro atoms. The van der Waals surface area contributed by atoms with Crippen LogP contribution in [-0.4, -0.2) is 93.5 Å². The lowest BCUT2D eigenvalue weighted by molar-refractivity contribution is -0.142. The van der Waals surface area contributed by atoms with Crippen LogP contribution in [0.3, 0.4) is 0 Å². The molecule has 2 aliphatic heterocycles. The van der Waals surface area contributed by atoms with Gasteiger partial charge in [0.15, 0.2) is 5.69 Å². The highest BCUT2D eigenvalue weighted by molar-refractivity contribution is 6.32. The molecular weight excluding hydrogens is 742 g/mol. The number of benzene rings is 2. The van der Waals surface area contributed by atoms with Crippen molar-refractivity contribution in [2.75, 3.05) is 62.2 Å². The second-order valence-corrected chi connectivity index (χ2v) is 13.8. The molecule has 2 aromatic heterocycles. The molecule has 2 fully saturated rings. The number of hydrogen-bond donors (Lipinski definition) is 0. The van der Waals surface area contributed by atoms with Gasteiger partial charge in [0.25, 0.3) is 6.43 Å². The maximum atomic E-state index is 12.9. The smallest absolute Gasteiger partial charge is 0.368 e. The number of nitrogens with zero attached hydrogens (tertiary/aromatic N) is 8. The molecular formula is C36H41Cl2F5N8O2. The van der Waals surface area contributed by atoms with Crippen molar-refractivity contribution in [2.45, 2.75) is 53.4 Å². The number of hydrogen-bond acceptors (Lipinski definition) is 6. The van der Waals surface area contributed by atoms with E-state index in [9.17, 15) is 31.5 Å². The summed E-state index contributed by atoms with van der Waals surface area (Å²) in [6, 6.07) is 16.3. The standard InChI is InChI=1S/C19H22ClF3N4O.C17H19ClF2N4O/c1-12-4-5-13(2)15(10-12)25-6-8-26(9-7-25)16(28)11-27-14(3)17(20)18(24-27)19(21,22)23;1-12-15(18)16(17(19)20)21-24(12)11-14(25)23-9-7-22(8-10-23)13-5-3-2-4-6-13/h4-5,10H,6-9,11H2,1-3H3;2-6,17H,7-11H2,1H3. The average Bonchev–Trinajstić information content (AvgIpc) is 3.59. The summed E-state index contributed by atoms with van der Waals surface area (Å²) in [5.74, 6) is -0.410. The predicted octanol–water partition coefficient (Wildman–Crippen LogP) is 6.96. The fourth-order valence-corrected chi connectivity index (χ4v) is 6.73. The van der Waals surface area contributed by atoms with Gasteiger partial charge >= 0.3 is 6.18 Å². The molecule has 2 aliphatic rings. The lowest BCUT2D eigenvalue weighted by Gasteiger charge is -2.37. The summed E-state index contributed by atoms with van der Waals surface area (Å²) in [4.78, 5) is 32.9. The van der Waals surface area contributed by atoms with Crippen molar-refractivity contribution in [1.82, 2.24) is 29.4 Å². The van der Waals surface area contributed by atoms with Gasteiger partial charge in [-0.25, -0.2) is 8.78 Å². The number of piperazine rings is 2. The minimum atomic E-state index is -4.65. The summed E-state index contributed by atoms with van der Waals surface area (Å²) < 4.78 is 66.8. The van der Waals surface area contributed by atoms with E-state index < -0.39 is 29.0 Å². The van der Waals surface area contributed by atoms with Crippen LogP contribution in [0.1, 0.15) is 40.3 Å². The van der Waals surface area contributed by atoms with Crippen molar-refractivity contribution in [2.24, 2.45) is 0 Å². The molecule has 0 aliphatic carbocycles. The Morgan fingerprint density at radius 2 is 1.23 bits per heavy atom. The van der Waals surface area contributed by atoms with Crippen LogP contribution in [0.25, 0.3) is 0 Å². The molecule has 0 N–H and O–H groups in total. The number of alkyl halides is 5. The molecule has 0 bridgehead atoms. The zero-order valence-corrected chi connectivity index (χ0v) is 31.3. The number of carbonyl (C=O) groups is 2. The molecule has 0 radical (unpaired) electrons. The summed E-state index contributed by atoms with van der Waals surface area (Å²) in [5, 5.41) is 6.75. The van der Waals surface area contributed by atoms with Gasteiger partial charge in [0.2, 0.25) is 11.8 Å². The third-order valence-electron chi connectivity index (χ3n) is 9.43. The Morgan fingerprint density at radius 3 is 1.72 bits per heavy atom. The molecule has 286 valence electrons. The molecule has 6 rings (SSSR count). The maximum Gasteiger partial charge on any atom is 0.436 e. The first-order chi connectivity index (χ1) is 25.0. The monoisotopic (exact) mass is 782 g/mol. The zero-order valence-electron chi connectivity index (χ0n) is 29.8. The molecule has 17 heteroatoms. The van der Waals surface area contributed by atoms with Crippen LogP contribution in [0.15, 0.2) is 48.5 Å². The van der Waals surface area contributed by atoms with E-state index in [0.29, 0.717) is 45.0 Å². The van der Waals surface area contributed by atoms with Crippen LogP contribution in [0.2, 0.25) is 10.0 Å². The summed E-state index contributed by atoms with van der Waals surface area (Å²) >= 11 is 11.6. The third kappa shape index (κ3) is 9.42. The summed E-state index contributed by atoms with van der Waals surface area (Å²) in [7, 11) is 0. The van der Waals surface area contributed by atoms with E-state index in [4.69, 9.17) is 23.2 Å². The first-order valence-electron chi connectivity index (χ1n) is 17.0. The van der Waals surface area contributed by atoms with Gasteiger partial charge in [0.1, 0.15) is 18.8 Å². The second-order valence-electron chi connectivity index (χ2n) is 13.0. The van der Waals surface area contributed by atoms with Crippen molar-refractivity contribution in [3.05, 3.63) is 92.5 Å². The van der Waals surface area contributed by atoms with Gasteiger partial charge in [-0.05, 0) is 57.0 Å². The van der Waals surface area contributed by atoms with E-state index in [0.717, 1.165) is 29.1 Å². The quantitative estimate of drug-likeness (QED) is 0.189. The van der Waals surface area contributed by atoms with Crippen LogP contribution < -0.4 is 9.80 Å². The van der Waals surface area contributed by atoms with Crippen LogP contribution >= 0.6 is 23.2 Å². The van der Waals surface area contributed by atoms with Crippen LogP contribution in [0, 0.1) is 27.7 Å². The SMILES string of the molecule is Cc1c(Cl)c(C(F)F)nn1CC(=O)N1CCN(c2ccccc2)CC1.Cc1ccc(C)c(N2CCN(C(=O)Cn3nc(C(F)(F)F)c(Cl)c3C)CC2)c1. The number of aromatic nitrogens is 4. The van der Waals surface area contributed by atoms with E-state index >= 15 is 0 Å². The number of halogens is 7. The van der Waals surface area contributed by atoms with Crippen LogP contribution in [0.4, 0.5) is 33.3 Å². The average molecular weight is 784 g/mol. The van der Waals surface area contributed by atoms with Crippen molar-refractivity contribution >= 4 is 46.4 Å². The van der Waals surface area contributed by atoms with E-state index in [1.807, 2.05) is 37.3 Å². The Bertz CT molecular complexity index is 1900. The van der Waals surface area contributed by atoms with Gasteiger partial charge in [-0.2, -0.15) is 23.4 Å². The topological polar surface area (TPSA) is 82.7 Å². The molecule has 2 saturated heterocycles. The lowest BCUT2D eigenvalue weighted by Crippen LogP contribution is -2.50. The molecule has 4 heterocycles. The summed E-state index contributed by atoms with van der Waals surface area (Å²) in [6.45, 7) is 11.8. The summed E-state index contributed by atoms with van der Waals surface area (Å²) in [5.41, 5.74) is 3.52. The molecule has 53 heavy (non-hydrogen) atoms. The van der Waals surface area contributed by atoms with E-state index in [2.05, 4.69) is 45.1 Å². The fourth-order valence-electron chi connectivity index (χ4n) is 6.27. The minimum Gasteiger partial charge on any atom is -0.368 e. The molecule has 4 aromatic rings. The molecule has 2 aromatic carbocycles. The number of para-hydroxylation sites is 1. The Kier molecular flexibility index (Phi) is 12.6. The summed E-state index contributed by atoms with van der Waals surface area (Å²) in [6.07, 6.45) is -7.40. The first kappa shape index (κ1) is 39.8. The first-order valence-corrected chi connectivity index (χ1v) is 17.8. The van der Waals surface area contributed by atoms with Gasteiger partial charge in [-0.1, -0.05) is 53.5 Å². The molecule has 10 nitrogen and oxygen atoms in total. The number of amides is 2. The van der Waals surface area contributed by atoms with Gasteiger partial charge in [-0.3, -0.25) is 19.0 Å². The Labute approximate surface area is 314 Å². The molecule has 2 amide bonds. The molecule has 0 saturated carbocycles. The second kappa shape index (κ2) is 16.8. The largest absolute Gasteiger partial charge is 0.436 e. The van der Waals surface area contributed by atoms with E-state index in [1.165, 1.54) is 22.7 Å². The highest BCUT2D eigenvalue weighted by atomic mass is 35.5. The van der Waals surface area contributed by atoms with Crippen LogP contribution in [-0.2, 0) is 28.9 Å². The van der Waals surface area contributed by atoms with E-state index in [-0.39, 0.29) is 35.6 Å². The Balaban J connectivity index is 0.000000206. The van der Waals surface area contributed by atoms with Gasteiger partial charge in [0, 0.05) is 63.7 Å². The Hall–Kier alpha value is -4.37. The van der Waals surface area contributed by atoms with Gasteiger partial charge < -0.3 is 19.6 Å². The zero-order chi connectivity index (χ0) is 38.6. The number of anilines is 2. The highest BCUT2D eigenvalue weighted by Gasteiger charge is 2.38. The third-order valence-corrected chi connectivity index (χ3v) is 10.3. The van der Waals surface area contributed by atoms with Gasteiger partial charge in [-0.15, -0.1) is 0 Å². The number of carbonyl (C=O) groups excluding carboxylic acids is 2. The predicted molar refractivity (Wildman–Crippen MR) is 194 cm³/mol. The highest BCUT2D eigenvalue weighted by Crippen LogP contribution is 2.35.